The third-order valence-electron chi connectivity index (χ3n) is 5.92. The number of carbonyl (C=O) groups is 2. The Labute approximate surface area is 179 Å². The summed E-state index contributed by atoms with van der Waals surface area (Å²) in [7, 11) is 1.76. The van der Waals surface area contributed by atoms with Crippen molar-refractivity contribution < 1.29 is 14.3 Å². The Bertz CT molecular complexity index is 759. The van der Waals surface area contributed by atoms with Crippen molar-refractivity contribution in [1.29, 1.82) is 0 Å². The van der Waals surface area contributed by atoms with Gasteiger partial charge in [0.05, 0.1) is 12.5 Å². The first-order valence-corrected chi connectivity index (χ1v) is 11.1. The van der Waals surface area contributed by atoms with Gasteiger partial charge in [0, 0.05) is 38.3 Å². The molecule has 1 aliphatic heterocycles. The monoisotopic (exact) mass is 414 g/mol. The summed E-state index contributed by atoms with van der Waals surface area (Å²) < 4.78 is 5.19. The zero-order chi connectivity index (χ0) is 21.3. The molecule has 1 aromatic rings. The highest BCUT2D eigenvalue weighted by Gasteiger charge is 2.28. The highest BCUT2D eigenvalue weighted by molar-refractivity contribution is 5.92. The summed E-state index contributed by atoms with van der Waals surface area (Å²) in [6.45, 7) is 4.34. The Morgan fingerprint density at radius 3 is 2.67 bits per heavy atom. The van der Waals surface area contributed by atoms with Crippen LogP contribution < -0.4 is 10.6 Å². The van der Waals surface area contributed by atoms with Crippen LogP contribution in [0.4, 0.5) is 5.69 Å². The summed E-state index contributed by atoms with van der Waals surface area (Å²) in [4.78, 5) is 31.0. The van der Waals surface area contributed by atoms with Crippen molar-refractivity contribution in [3.63, 3.8) is 0 Å². The number of carbonyl (C=O) groups excluding carboxylic acids is 2. The molecule has 1 atom stereocenters. The Kier molecular flexibility index (Phi) is 8.11. The third-order valence-corrected chi connectivity index (χ3v) is 5.92. The lowest BCUT2D eigenvalue weighted by Gasteiger charge is -2.34. The summed E-state index contributed by atoms with van der Waals surface area (Å²) in [5.41, 5.74) is 1.90. The molecule has 1 heterocycles. The van der Waals surface area contributed by atoms with Crippen LogP contribution in [0.3, 0.4) is 0 Å². The number of nitrogens with zero attached hydrogens (tertiary/aromatic N) is 2. The van der Waals surface area contributed by atoms with Crippen molar-refractivity contribution in [3.05, 3.63) is 29.8 Å². The largest absolute Gasteiger partial charge is 0.466 e. The molecule has 1 saturated heterocycles. The van der Waals surface area contributed by atoms with Gasteiger partial charge < -0.3 is 20.3 Å². The SMILES string of the molecule is CCOC(=O)C1CCCN(C(=NC)NCc2cccc(NC(=O)C3CCCC3)c2)C1. The number of esters is 1. The van der Waals surface area contributed by atoms with Crippen molar-refractivity contribution in [2.75, 3.05) is 32.1 Å². The molecule has 1 aromatic carbocycles. The molecule has 7 heteroatoms. The van der Waals surface area contributed by atoms with E-state index < -0.39 is 0 Å². The Hall–Kier alpha value is -2.57. The summed E-state index contributed by atoms with van der Waals surface area (Å²) in [5, 5.41) is 6.45. The molecule has 0 bridgehead atoms. The van der Waals surface area contributed by atoms with Crippen molar-refractivity contribution in [3.8, 4) is 0 Å². The fourth-order valence-corrected chi connectivity index (χ4v) is 4.33. The van der Waals surface area contributed by atoms with Gasteiger partial charge in [-0.3, -0.25) is 14.6 Å². The second-order valence-corrected chi connectivity index (χ2v) is 8.11. The number of rotatable bonds is 6. The molecule has 3 rings (SSSR count). The quantitative estimate of drug-likeness (QED) is 0.424. The molecule has 2 N–H and O–H groups in total. The van der Waals surface area contributed by atoms with E-state index >= 15 is 0 Å². The number of piperidine rings is 1. The first kappa shape index (κ1) is 22.1. The molecular weight excluding hydrogens is 380 g/mol. The highest BCUT2D eigenvalue weighted by atomic mass is 16.5. The number of hydrogen-bond donors (Lipinski definition) is 2. The van der Waals surface area contributed by atoms with Gasteiger partial charge in [0.2, 0.25) is 5.91 Å². The minimum atomic E-state index is -0.122. The van der Waals surface area contributed by atoms with E-state index in [9.17, 15) is 9.59 Å². The van der Waals surface area contributed by atoms with Crippen molar-refractivity contribution in [1.82, 2.24) is 10.2 Å². The molecule has 0 radical (unpaired) electrons. The Morgan fingerprint density at radius 2 is 1.93 bits per heavy atom. The van der Waals surface area contributed by atoms with Gasteiger partial charge in [-0.15, -0.1) is 0 Å². The number of amides is 1. The molecular formula is C23H34N4O3. The van der Waals surface area contributed by atoms with Gasteiger partial charge in [0.15, 0.2) is 5.96 Å². The van der Waals surface area contributed by atoms with Crippen LogP contribution in [0.2, 0.25) is 0 Å². The fraction of sp³-hybridized carbons (Fsp3) is 0.609. The van der Waals surface area contributed by atoms with E-state index in [1.54, 1.807) is 7.05 Å². The van der Waals surface area contributed by atoms with Crippen molar-refractivity contribution >= 4 is 23.5 Å². The fourth-order valence-electron chi connectivity index (χ4n) is 4.33. The topological polar surface area (TPSA) is 83.0 Å². The number of nitrogens with one attached hydrogen (secondary N) is 2. The van der Waals surface area contributed by atoms with Crippen LogP contribution in [0.25, 0.3) is 0 Å². The number of guanidine groups is 1. The zero-order valence-electron chi connectivity index (χ0n) is 18.2. The number of anilines is 1. The van der Waals surface area contributed by atoms with E-state index in [1.165, 1.54) is 0 Å². The maximum Gasteiger partial charge on any atom is 0.310 e. The van der Waals surface area contributed by atoms with E-state index in [1.807, 2.05) is 31.2 Å². The van der Waals surface area contributed by atoms with Gasteiger partial charge in [-0.2, -0.15) is 0 Å². The summed E-state index contributed by atoms with van der Waals surface area (Å²) >= 11 is 0. The molecule has 1 unspecified atom stereocenters. The van der Waals surface area contributed by atoms with Gasteiger partial charge in [-0.05, 0) is 50.3 Å². The van der Waals surface area contributed by atoms with Gasteiger partial charge in [-0.1, -0.05) is 25.0 Å². The number of aliphatic imine (C=N–C) groups is 1. The van der Waals surface area contributed by atoms with Crippen LogP contribution in [-0.4, -0.2) is 49.5 Å². The van der Waals surface area contributed by atoms with E-state index in [-0.39, 0.29) is 23.7 Å². The van der Waals surface area contributed by atoms with Crippen molar-refractivity contribution in [2.45, 2.75) is 52.0 Å². The van der Waals surface area contributed by atoms with E-state index in [4.69, 9.17) is 4.74 Å². The number of hydrogen-bond acceptors (Lipinski definition) is 4. The first-order valence-electron chi connectivity index (χ1n) is 11.1. The number of likely N-dealkylation sites (tertiary alicyclic amines) is 1. The van der Waals surface area contributed by atoms with Crippen LogP contribution in [0.15, 0.2) is 29.3 Å². The van der Waals surface area contributed by atoms with E-state index in [0.717, 1.165) is 62.3 Å². The van der Waals surface area contributed by atoms with Gasteiger partial charge in [-0.25, -0.2) is 0 Å². The van der Waals surface area contributed by atoms with Gasteiger partial charge in [0.25, 0.3) is 0 Å². The second-order valence-electron chi connectivity index (χ2n) is 8.11. The van der Waals surface area contributed by atoms with Crippen LogP contribution >= 0.6 is 0 Å². The van der Waals surface area contributed by atoms with E-state index in [0.29, 0.717) is 19.7 Å². The number of benzene rings is 1. The molecule has 2 fully saturated rings. The molecule has 7 nitrogen and oxygen atoms in total. The summed E-state index contributed by atoms with van der Waals surface area (Å²) in [6, 6.07) is 7.93. The highest BCUT2D eigenvalue weighted by Crippen LogP contribution is 2.26. The maximum absolute atomic E-state index is 12.4. The average molecular weight is 415 g/mol. The lowest BCUT2D eigenvalue weighted by atomic mass is 9.98. The van der Waals surface area contributed by atoms with Gasteiger partial charge in [0.1, 0.15) is 0 Å². The zero-order valence-corrected chi connectivity index (χ0v) is 18.2. The third kappa shape index (κ3) is 5.97. The molecule has 0 spiro atoms. The number of ether oxygens (including phenoxy) is 1. The standard InChI is InChI=1S/C23H34N4O3/c1-3-30-22(29)19-11-7-13-27(16-19)23(24-2)25-15-17-8-6-12-20(14-17)26-21(28)18-9-4-5-10-18/h6,8,12,14,18-19H,3-5,7,9-11,13,15-16H2,1-2H3,(H,24,25)(H,26,28). The van der Waals surface area contributed by atoms with Gasteiger partial charge >= 0.3 is 5.97 Å². The van der Waals surface area contributed by atoms with Crippen molar-refractivity contribution in [2.24, 2.45) is 16.8 Å². The second kappa shape index (κ2) is 11.0. The summed E-state index contributed by atoms with van der Waals surface area (Å²) in [6.07, 6.45) is 6.07. The average Bonchev–Trinajstić information content (AvgIpc) is 3.30. The molecule has 1 saturated carbocycles. The minimum Gasteiger partial charge on any atom is -0.466 e. The smallest absolute Gasteiger partial charge is 0.310 e. The van der Waals surface area contributed by atoms with Crippen LogP contribution in [0.5, 0.6) is 0 Å². The maximum atomic E-state index is 12.4. The Balaban J connectivity index is 1.54. The molecule has 1 amide bonds. The molecule has 0 aromatic heterocycles. The predicted molar refractivity (Wildman–Crippen MR) is 118 cm³/mol. The molecule has 164 valence electrons. The normalized spacial score (nSPS) is 20.1. The Morgan fingerprint density at radius 1 is 1.17 bits per heavy atom. The van der Waals surface area contributed by atoms with Crippen LogP contribution in [0, 0.1) is 11.8 Å². The lowest BCUT2D eigenvalue weighted by Crippen LogP contribution is -2.48. The molecule has 1 aliphatic carbocycles. The molecule has 2 aliphatic rings. The van der Waals surface area contributed by atoms with Crippen LogP contribution in [0.1, 0.15) is 51.0 Å². The lowest BCUT2D eigenvalue weighted by molar-refractivity contribution is -0.149. The predicted octanol–water partition coefficient (Wildman–Crippen LogP) is 3.17. The molecule has 30 heavy (non-hydrogen) atoms. The van der Waals surface area contributed by atoms with E-state index in [2.05, 4.69) is 20.5 Å². The van der Waals surface area contributed by atoms with Crippen LogP contribution in [-0.2, 0) is 20.9 Å². The summed E-state index contributed by atoms with van der Waals surface area (Å²) in [5.74, 6) is 0.836. The minimum absolute atomic E-state index is 0.105. The first-order chi connectivity index (χ1) is 14.6.